The Hall–Kier alpha value is -1.95. The summed E-state index contributed by atoms with van der Waals surface area (Å²) in [6.45, 7) is 0.191. The Bertz CT molecular complexity index is 458. The van der Waals surface area contributed by atoms with Crippen molar-refractivity contribution in [2.24, 2.45) is 17.2 Å². The quantitative estimate of drug-likeness (QED) is 0.722. The second-order valence-electron chi connectivity index (χ2n) is 3.64. The van der Waals surface area contributed by atoms with Gasteiger partial charge in [0.15, 0.2) is 0 Å². The Balaban J connectivity index is 2.92. The summed E-state index contributed by atoms with van der Waals surface area (Å²) in [5, 5.41) is 0. The second kappa shape index (κ2) is 5.59. The Morgan fingerprint density at radius 3 is 2.06 bits per heavy atom. The van der Waals surface area contributed by atoms with Crippen LogP contribution in [-0.2, 0) is 6.18 Å². The van der Waals surface area contributed by atoms with E-state index in [9.17, 15) is 13.2 Å². The van der Waals surface area contributed by atoms with Crippen molar-refractivity contribution < 1.29 is 13.2 Å². The SMILES string of the molecule is NC/C(N)=C/C=C(\N)c1ccc(C(F)(F)F)cc1. The van der Waals surface area contributed by atoms with Crippen molar-refractivity contribution in [3.8, 4) is 0 Å². The summed E-state index contributed by atoms with van der Waals surface area (Å²) in [6, 6.07) is 4.57. The molecule has 0 aliphatic rings. The normalized spacial score (nSPS) is 13.8. The highest BCUT2D eigenvalue weighted by Crippen LogP contribution is 2.29. The van der Waals surface area contributed by atoms with E-state index >= 15 is 0 Å². The number of hydrogen-bond acceptors (Lipinski definition) is 3. The molecule has 1 rings (SSSR count). The summed E-state index contributed by atoms with van der Waals surface area (Å²) in [5.41, 5.74) is 17.0. The van der Waals surface area contributed by atoms with Gasteiger partial charge in [-0.25, -0.2) is 0 Å². The van der Waals surface area contributed by atoms with E-state index in [1.165, 1.54) is 24.3 Å². The van der Waals surface area contributed by atoms with Gasteiger partial charge >= 0.3 is 6.18 Å². The van der Waals surface area contributed by atoms with Crippen LogP contribution < -0.4 is 17.2 Å². The second-order valence-corrected chi connectivity index (χ2v) is 3.64. The minimum absolute atomic E-state index is 0.191. The summed E-state index contributed by atoms with van der Waals surface area (Å²) in [4.78, 5) is 0. The lowest BCUT2D eigenvalue weighted by Crippen LogP contribution is -2.10. The zero-order chi connectivity index (χ0) is 13.8. The third kappa shape index (κ3) is 3.81. The van der Waals surface area contributed by atoms with Gasteiger partial charge in [0.1, 0.15) is 0 Å². The molecule has 1 aromatic carbocycles. The molecule has 0 saturated heterocycles. The predicted molar refractivity (Wildman–Crippen MR) is 64.9 cm³/mol. The third-order valence-corrected chi connectivity index (χ3v) is 2.26. The summed E-state index contributed by atoms with van der Waals surface area (Å²) >= 11 is 0. The monoisotopic (exact) mass is 257 g/mol. The molecule has 0 heterocycles. The molecule has 3 nitrogen and oxygen atoms in total. The van der Waals surface area contributed by atoms with Crippen LogP contribution in [0.1, 0.15) is 11.1 Å². The average molecular weight is 257 g/mol. The molecular formula is C12H14F3N3. The van der Waals surface area contributed by atoms with Crippen molar-refractivity contribution in [3.05, 3.63) is 53.2 Å². The van der Waals surface area contributed by atoms with Gasteiger partial charge in [-0.3, -0.25) is 0 Å². The maximum Gasteiger partial charge on any atom is 0.416 e. The Morgan fingerprint density at radius 2 is 1.61 bits per heavy atom. The standard InChI is InChI=1S/C12H14F3N3/c13-12(14,15)9-3-1-8(2-4-9)11(18)6-5-10(17)7-16/h1-6H,7,16-18H2/b10-5-,11-6-. The van der Waals surface area contributed by atoms with Gasteiger partial charge in [0.25, 0.3) is 0 Å². The summed E-state index contributed by atoms with van der Waals surface area (Å²) in [6.07, 6.45) is -1.32. The van der Waals surface area contributed by atoms with Gasteiger partial charge in [0.05, 0.1) is 5.56 Å². The third-order valence-electron chi connectivity index (χ3n) is 2.26. The number of benzene rings is 1. The van der Waals surface area contributed by atoms with E-state index in [-0.39, 0.29) is 6.54 Å². The van der Waals surface area contributed by atoms with Gasteiger partial charge in [-0.05, 0) is 29.8 Å². The van der Waals surface area contributed by atoms with Crippen LogP contribution in [0, 0.1) is 0 Å². The highest BCUT2D eigenvalue weighted by atomic mass is 19.4. The van der Waals surface area contributed by atoms with Gasteiger partial charge in [-0.1, -0.05) is 12.1 Å². The van der Waals surface area contributed by atoms with Crippen LogP contribution in [0.3, 0.4) is 0 Å². The van der Waals surface area contributed by atoms with Crippen molar-refractivity contribution in [2.45, 2.75) is 6.18 Å². The van der Waals surface area contributed by atoms with Crippen LogP contribution >= 0.6 is 0 Å². The summed E-state index contributed by atoms with van der Waals surface area (Å²) < 4.78 is 37.0. The molecule has 0 spiro atoms. The van der Waals surface area contributed by atoms with E-state index in [0.717, 1.165) is 12.1 Å². The number of allylic oxidation sites excluding steroid dienone is 2. The maximum absolute atomic E-state index is 12.3. The molecule has 0 fully saturated rings. The van der Waals surface area contributed by atoms with Crippen LogP contribution in [0.25, 0.3) is 5.70 Å². The van der Waals surface area contributed by atoms with Crippen molar-refractivity contribution in [3.63, 3.8) is 0 Å². The fourth-order valence-corrected chi connectivity index (χ4v) is 1.21. The molecule has 98 valence electrons. The largest absolute Gasteiger partial charge is 0.416 e. The highest BCUT2D eigenvalue weighted by molar-refractivity contribution is 5.64. The average Bonchev–Trinajstić information content (AvgIpc) is 2.34. The Morgan fingerprint density at radius 1 is 1.06 bits per heavy atom. The molecule has 1 aromatic rings. The zero-order valence-electron chi connectivity index (χ0n) is 9.54. The molecule has 18 heavy (non-hydrogen) atoms. The number of halogens is 3. The Kier molecular flexibility index (Phi) is 4.38. The molecule has 0 radical (unpaired) electrons. The smallest absolute Gasteiger partial charge is 0.401 e. The first-order valence-electron chi connectivity index (χ1n) is 5.14. The number of nitrogens with two attached hydrogens (primary N) is 3. The predicted octanol–water partition coefficient (Wildman–Crippen LogP) is 1.81. The van der Waals surface area contributed by atoms with Gasteiger partial charge in [0.2, 0.25) is 0 Å². The van der Waals surface area contributed by atoms with Crippen molar-refractivity contribution in [2.75, 3.05) is 6.54 Å². The van der Waals surface area contributed by atoms with E-state index in [0.29, 0.717) is 17.0 Å². The molecule has 0 amide bonds. The lowest BCUT2D eigenvalue weighted by atomic mass is 10.1. The van der Waals surface area contributed by atoms with Crippen molar-refractivity contribution in [1.82, 2.24) is 0 Å². The van der Waals surface area contributed by atoms with Crippen LogP contribution in [0.2, 0.25) is 0 Å². The van der Waals surface area contributed by atoms with Crippen LogP contribution in [0.4, 0.5) is 13.2 Å². The first kappa shape index (κ1) is 14.1. The molecule has 0 aliphatic heterocycles. The molecule has 0 atom stereocenters. The highest BCUT2D eigenvalue weighted by Gasteiger charge is 2.29. The fraction of sp³-hybridized carbons (Fsp3) is 0.167. The van der Waals surface area contributed by atoms with Crippen LogP contribution in [-0.4, -0.2) is 6.54 Å². The van der Waals surface area contributed by atoms with Gasteiger partial charge in [0, 0.05) is 17.9 Å². The van der Waals surface area contributed by atoms with Gasteiger partial charge in [-0.15, -0.1) is 0 Å². The topological polar surface area (TPSA) is 78.1 Å². The van der Waals surface area contributed by atoms with Gasteiger partial charge in [-0.2, -0.15) is 13.2 Å². The lowest BCUT2D eigenvalue weighted by molar-refractivity contribution is -0.137. The number of rotatable bonds is 3. The molecule has 6 N–H and O–H groups in total. The molecule has 0 aliphatic carbocycles. The lowest BCUT2D eigenvalue weighted by Gasteiger charge is -2.07. The van der Waals surface area contributed by atoms with Crippen molar-refractivity contribution >= 4 is 5.70 Å². The molecule has 0 aromatic heterocycles. The van der Waals surface area contributed by atoms with E-state index in [4.69, 9.17) is 17.2 Å². The molecule has 6 heteroatoms. The minimum Gasteiger partial charge on any atom is -0.401 e. The molecule has 0 saturated carbocycles. The fourth-order valence-electron chi connectivity index (χ4n) is 1.21. The van der Waals surface area contributed by atoms with Crippen LogP contribution in [0.15, 0.2) is 42.1 Å². The maximum atomic E-state index is 12.3. The van der Waals surface area contributed by atoms with E-state index in [2.05, 4.69) is 0 Å². The minimum atomic E-state index is -4.35. The van der Waals surface area contributed by atoms with E-state index in [1.807, 2.05) is 0 Å². The zero-order valence-corrected chi connectivity index (χ0v) is 9.54. The van der Waals surface area contributed by atoms with E-state index in [1.54, 1.807) is 0 Å². The van der Waals surface area contributed by atoms with E-state index < -0.39 is 11.7 Å². The van der Waals surface area contributed by atoms with Crippen molar-refractivity contribution in [1.29, 1.82) is 0 Å². The molecule has 0 unspecified atom stereocenters. The summed E-state index contributed by atoms with van der Waals surface area (Å²) in [7, 11) is 0. The first-order chi connectivity index (χ1) is 8.34. The van der Waals surface area contributed by atoms with Crippen LogP contribution in [0.5, 0.6) is 0 Å². The van der Waals surface area contributed by atoms with Gasteiger partial charge < -0.3 is 17.2 Å². The number of alkyl halides is 3. The molecule has 0 bridgehead atoms. The summed E-state index contributed by atoms with van der Waals surface area (Å²) in [5.74, 6) is 0. The number of hydrogen-bond donors (Lipinski definition) is 3. The first-order valence-corrected chi connectivity index (χ1v) is 5.14. The Labute approximate surface area is 103 Å². The molecular weight excluding hydrogens is 243 g/mol.